The number of carbonyl (C=O) groups is 1. The molecule has 0 aliphatic carbocycles. The molecule has 0 aromatic heterocycles. The van der Waals surface area contributed by atoms with Crippen molar-refractivity contribution in [3.8, 4) is 0 Å². The molecular weight excluding hydrogens is 194 g/mol. The van der Waals surface area contributed by atoms with E-state index in [4.69, 9.17) is 4.84 Å². The normalized spacial score (nSPS) is 29.7. The molecule has 2 unspecified atom stereocenters. The first kappa shape index (κ1) is 12.5. The zero-order valence-corrected chi connectivity index (χ0v) is 10.2. The highest BCUT2D eigenvalue weighted by molar-refractivity contribution is 5.78. The van der Waals surface area contributed by atoms with E-state index in [1.165, 1.54) is 5.06 Å². The quantitative estimate of drug-likeness (QED) is 0.756. The maximum Gasteiger partial charge on any atom is 0.249 e. The standard InChI is InChI=1S/C11H21NO3/c1-8(13)7-12-9(14)6-11(5,15-12)10(2,3)4/h8,13H,6-7H2,1-5H3. The molecule has 0 bridgehead atoms. The second kappa shape index (κ2) is 3.76. The average molecular weight is 215 g/mol. The number of amides is 1. The number of nitrogens with zero attached hydrogens (tertiary/aromatic N) is 1. The van der Waals surface area contributed by atoms with Crippen molar-refractivity contribution in [3.63, 3.8) is 0 Å². The van der Waals surface area contributed by atoms with Crippen molar-refractivity contribution in [3.05, 3.63) is 0 Å². The largest absolute Gasteiger partial charge is 0.391 e. The lowest BCUT2D eigenvalue weighted by molar-refractivity contribution is -0.226. The van der Waals surface area contributed by atoms with E-state index in [-0.39, 0.29) is 17.9 Å². The minimum absolute atomic E-state index is 0.0478. The van der Waals surface area contributed by atoms with Crippen LogP contribution in [0.4, 0.5) is 0 Å². The highest BCUT2D eigenvalue weighted by Gasteiger charge is 2.49. The molecule has 0 aromatic rings. The first-order chi connectivity index (χ1) is 6.66. The van der Waals surface area contributed by atoms with Crippen LogP contribution in [0.5, 0.6) is 0 Å². The van der Waals surface area contributed by atoms with Gasteiger partial charge >= 0.3 is 0 Å². The summed E-state index contributed by atoms with van der Waals surface area (Å²) in [5.41, 5.74) is -0.574. The molecule has 0 saturated carbocycles. The second-order valence-electron chi connectivity index (χ2n) is 5.55. The molecule has 4 nitrogen and oxygen atoms in total. The lowest BCUT2D eigenvalue weighted by atomic mass is 9.76. The molecule has 0 radical (unpaired) electrons. The third-order valence-corrected chi connectivity index (χ3v) is 3.09. The van der Waals surface area contributed by atoms with Crippen LogP contribution in [-0.4, -0.2) is 34.3 Å². The van der Waals surface area contributed by atoms with E-state index < -0.39 is 11.7 Å². The van der Waals surface area contributed by atoms with Gasteiger partial charge in [-0.2, -0.15) is 0 Å². The third-order valence-electron chi connectivity index (χ3n) is 3.09. The van der Waals surface area contributed by atoms with Gasteiger partial charge in [0.1, 0.15) is 5.60 Å². The Labute approximate surface area is 91.2 Å². The Hall–Kier alpha value is -0.610. The maximum absolute atomic E-state index is 11.7. The Balaban J connectivity index is 2.75. The SMILES string of the molecule is CC(O)CN1OC(C)(C(C)(C)C)CC1=O. The molecule has 88 valence electrons. The molecule has 1 aliphatic heterocycles. The Bertz CT molecular complexity index is 257. The number of aliphatic hydroxyl groups is 1. The van der Waals surface area contributed by atoms with Crippen LogP contribution in [0.1, 0.15) is 41.0 Å². The van der Waals surface area contributed by atoms with E-state index in [0.29, 0.717) is 6.42 Å². The average Bonchev–Trinajstić information content (AvgIpc) is 2.25. The fourth-order valence-electron chi connectivity index (χ4n) is 1.48. The molecular formula is C11H21NO3. The summed E-state index contributed by atoms with van der Waals surface area (Å²) >= 11 is 0. The van der Waals surface area contributed by atoms with E-state index in [2.05, 4.69) is 0 Å². The molecule has 1 saturated heterocycles. The Morgan fingerprint density at radius 3 is 2.47 bits per heavy atom. The number of aliphatic hydroxyl groups excluding tert-OH is 1. The minimum atomic E-state index is -0.559. The first-order valence-electron chi connectivity index (χ1n) is 5.33. The molecule has 2 atom stereocenters. The van der Waals surface area contributed by atoms with Crippen LogP contribution >= 0.6 is 0 Å². The van der Waals surface area contributed by atoms with Gasteiger partial charge in [0, 0.05) is 0 Å². The summed E-state index contributed by atoms with van der Waals surface area (Å²) < 4.78 is 0. The predicted molar refractivity (Wildman–Crippen MR) is 57.0 cm³/mol. The zero-order valence-electron chi connectivity index (χ0n) is 10.2. The summed E-state index contributed by atoms with van der Waals surface area (Å²) in [5.74, 6) is -0.0478. The topological polar surface area (TPSA) is 49.8 Å². The molecule has 0 spiro atoms. The van der Waals surface area contributed by atoms with Gasteiger partial charge in [-0.05, 0) is 19.3 Å². The minimum Gasteiger partial charge on any atom is -0.391 e. The summed E-state index contributed by atoms with van der Waals surface area (Å²) in [4.78, 5) is 17.3. The van der Waals surface area contributed by atoms with Gasteiger partial charge in [-0.25, -0.2) is 5.06 Å². The molecule has 1 amide bonds. The summed E-state index contributed by atoms with van der Waals surface area (Å²) in [6.45, 7) is 9.96. The van der Waals surface area contributed by atoms with Gasteiger partial charge in [0.2, 0.25) is 5.91 Å². The maximum atomic E-state index is 11.7. The fourth-order valence-corrected chi connectivity index (χ4v) is 1.48. The molecule has 4 heteroatoms. The van der Waals surface area contributed by atoms with Crippen molar-refractivity contribution in [2.45, 2.75) is 52.7 Å². The van der Waals surface area contributed by atoms with Crippen molar-refractivity contribution < 1.29 is 14.7 Å². The van der Waals surface area contributed by atoms with Crippen LogP contribution < -0.4 is 0 Å². The molecule has 1 N–H and O–H groups in total. The van der Waals surface area contributed by atoms with Gasteiger partial charge in [0.05, 0.1) is 19.1 Å². The lowest BCUT2D eigenvalue weighted by Crippen LogP contribution is -2.41. The first-order valence-corrected chi connectivity index (χ1v) is 5.33. The van der Waals surface area contributed by atoms with Crippen LogP contribution in [0.15, 0.2) is 0 Å². The summed E-state index contributed by atoms with van der Waals surface area (Å²) in [7, 11) is 0. The van der Waals surface area contributed by atoms with E-state index in [1.807, 2.05) is 27.7 Å². The van der Waals surface area contributed by atoms with Crippen molar-refractivity contribution >= 4 is 5.91 Å². The monoisotopic (exact) mass is 215 g/mol. The van der Waals surface area contributed by atoms with Crippen molar-refractivity contribution in [2.24, 2.45) is 5.41 Å². The van der Waals surface area contributed by atoms with Gasteiger partial charge in [-0.15, -0.1) is 0 Å². The van der Waals surface area contributed by atoms with E-state index in [1.54, 1.807) is 6.92 Å². The van der Waals surface area contributed by atoms with Crippen LogP contribution in [0.25, 0.3) is 0 Å². The number of hydrogen-bond acceptors (Lipinski definition) is 3. The smallest absolute Gasteiger partial charge is 0.249 e. The van der Waals surface area contributed by atoms with Crippen LogP contribution in [0, 0.1) is 5.41 Å². The highest BCUT2D eigenvalue weighted by atomic mass is 16.7. The number of hydrogen-bond donors (Lipinski definition) is 1. The van der Waals surface area contributed by atoms with E-state index >= 15 is 0 Å². The molecule has 1 aliphatic rings. The molecule has 0 aromatic carbocycles. The lowest BCUT2D eigenvalue weighted by Gasteiger charge is -2.36. The van der Waals surface area contributed by atoms with Gasteiger partial charge in [0.15, 0.2) is 0 Å². The van der Waals surface area contributed by atoms with Crippen LogP contribution in [-0.2, 0) is 9.63 Å². The van der Waals surface area contributed by atoms with E-state index in [9.17, 15) is 9.90 Å². The van der Waals surface area contributed by atoms with Crippen molar-refractivity contribution in [1.82, 2.24) is 5.06 Å². The fraction of sp³-hybridized carbons (Fsp3) is 0.909. The van der Waals surface area contributed by atoms with Gasteiger partial charge in [0.25, 0.3) is 0 Å². The number of carbonyl (C=O) groups excluding carboxylic acids is 1. The number of β-amino-alcohol motifs (C(OH)–C–C–N with tert-alkyl or cyclic N) is 1. The Morgan fingerprint density at radius 1 is 1.60 bits per heavy atom. The van der Waals surface area contributed by atoms with Crippen molar-refractivity contribution in [1.29, 1.82) is 0 Å². The second-order valence-corrected chi connectivity index (χ2v) is 5.55. The zero-order chi connectivity index (χ0) is 11.9. The molecule has 1 heterocycles. The predicted octanol–water partition coefficient (Wildman–Crippen LogP) is 1.34. The van der Waals surface area contributed by atoms with Gasteiger partial charge in [-0.1, -0.05) is 20.8 Å². The van der Waals surface area contributed by atoms with Gasteiger partial charge in [-0.3, -0.25) is 9.63 Å². The van der Waals surface area contributed by atoms with Crippen molar-refractivity contribution in [2.75, 3.05) is 6.54 Å². The Kier molecular flexibility index (Phi) is 3.12. The van der Waals surface area contributed by atoms with E-state index in [0.717, 1.165) is 0 Å². The summed E-state index contributed by atoms with van der Waals surface area (Å²) in [6.07, 6.45) is -0.181. The highest BCUT2D eigenvalue weighted by Crippen LogP contribution is 2.41. The number of hydroxylamine groups is 2. The van der Waals surface area contributed by atoms with Gasteiger partial charge < -0.3 is 5.11 Å². The summed E-state index contributed by atoms with van der Waals surface area (Å²) in [6, 6.07) is 0. The Morgan fingerprint density at radius 2 is 2.13 bits per heavy atom. The molecule has 15 heavy (non-hydrogen) atoms. The molecule has 1 rings (SSSR count). The number of rotatable bonds is 2. The third kappa shape index (κ3) is 2.49. The van der Waals surface area contributed by atoms with Crippen LogP contribution in [0.2, 0.25) is 0 Å². The summed E-state index contributed by atoms with van der Waals surface area (Å²) in [5, 5.41) is 10.5. The molecule has 1 fully saturated rings. The van der Waals surface area contributed by atoms with Crippen LogP contribution in [0.3, 0.4) is 0 Å².